The summed E-state index contributed by atoms with van der Waals surface area (Å²) in [5.74, 6) is -1.39. The Morgan fingerprint density at radius 2 is 2.33 bits per heavy atom. The van der Waals surface area contributed by atoms with E-state index in [4.69, 9.17) is 16.9 Å². The number of carbonyl (C=O) groups is 1. The Labute approximate surface area is 91.5 Å². The van der Waals surface area contributed by atoms with Gasteiger partial charge in [-0.15, -0.1) is 0 Å². The highest BCUT2D eigenvalue weighted by Gasteiger charge is 2.16. The highest BCUT2D eigenvalue weighted by molar-refractivity contribution is 6.33. The molecule has 1 aromatic rings. The lowest BCUT2D eigenvalue weighted by molar-refractivity contribution is 0.0944. The first-order valence-electron chi connectivity index (χ1n) is 4.20. The van der Waals surface area contributed by atoms with Crippen LogP contribution in [0.1, 0.15) is 17.3 Å². The van der Waals surface area contributed by atoms with Crippen molar-refractivity contribution in [1.29, 1.82) is 5.26 Å². The summed E-state index contributed by atoms with van der Waals surface area (Å²) in [7, 11) is 0. The number of amides is 1. The third kappa shape index (κ3) is 2.67. The van der Waals surface area contributed by atoms with E-state index in [9.17, 15) is 9.18 Å². The van der Waals surface area contributed by atoms with Crippen molar-refractivity contribution in [3.05, 3.63) is 34.6 Å². The van der Waals surface area contributed by atoms with Crippen LogP contribution >= 0.6 is 11.6 Å². The van der Waals surface area contributed by atoms with Crippen molar-refractivity contribution >= 4 is 17.5 Å². The van der Waals surface area contributed by atoms with Crippen LogP contribution in [0.2, 0.25) is 5.02 Å². The van der Waals surface area contributed by atoms with Gasteiger partial charge in [-0.2, -0.15) is 5.26 Å². The monoisotopic (exact) mass is 226 g/mol. The molecule has 15 heavy (non-hydrogen) atoms. The second-order valence-corrected chi connectivity index (χ2v) is 3.33. The number of nitriles is 1. The molecule has 0 unspecified atom stereocenters. The van der Waals surface area contributed by atoms with Crippen LogP contribution in [0.3, 0.4) is 0 Å². The Hall–Kier alpha value is -1.60. The van der Waals surface area contributed by atoms with Gasteiger partial charge in [0.05, 0.1) is 16.7 Å². The van der Waals surface area contributed by atoms with Gasteiger partial charge in [0.2, 0.25) is 0 Å². The van der Waals surface area contributed by atoms with Crippen LogP contribution in [0.4, 0.5) is 4.39 Å². The molecule has 3 nitrogen and oxygen atoms in total. The van der Waals surface area contributed by atoms with E-state index in [0.717, 1.165) is 6.07 Å². The van der Waals surface area contributed by atoms with E-state index in [1.807, 2.05) is 6.07 Å². The van der Waals surface area contributed by atoms with Gasteiger partial charge in [0.15, 0.2) is 0 Å². The van der Waals surface area contributed by atoms with Crippen LogP contribution in [0, 0.1) is 17.1 Å². The Bertz CT molecular complexity index is 408. The van der Waals surface area contributed by atoms with Gasteiger partial charge < -0.3 is 5.32 Å². The smallest absolute Gasteiger partial charge is 0.256 e. The van der Waals surface area contributed by atoms with Crippen LogP contribution in [-0.2, 0) is 0 Å². The SMILES string of the molecule is C[C@@H](C#N)NC(=O)c1c(F)cccc1Cl. The second-order valence-electron chi connectivity index (χ2n) is 2.92. The number of hydrogen-bond donors (Lipinski definition) is 1. The van der Waals surface area contributed by atoms with Crippen LogP contribution in [-0.4, -0.2) is 11.9 Å². The fourth-order valence-electron chi connectivity index (χ4n) is 1.02. The van der Waals surface area contributed by atoms with E-state index in [-0.39, 0.29) is 10.6 Å². The summed E-state index contributed by atoms with van der Waals surface area (Å²) in [6, 6.07) is 5.08. The summed E-state index contributed by atoms with van der Waals surface area (Å²) in [5, 5.41) is 10.8. The highest BCUT2D eigenvalue weighted by Crippen LogP contribution is 2.18. The molecule has 1 N–H and O–H groups in total. The van der Waals surface area contributed by atoms with Crippen LogP contribution in [0.5, 0.6) is 0 Å². The minimum atomic E-state index is -0.704. The molecular formula is C10H8ClFN2O. The van der Waals surface area contributed by atoms with Crippen molar-refractivity contribution in [2.24, 2.45) is 0 Å². The van der Waals surface area contributed by atoms with Gasteiger partial charge in [0, 0.05) is 0 Å². The first-order valence-corrected chi connectivity index (χ1v) is 4.58. The summed E-state index contributed by atoms with van der Waals surface area (Å²) in [6.07, 6.45) is 0. The summed E-state index contributed by atoms with van der Waals surface area (Å²) in [6.45, 7) is 1.49. The molecule has 78 valence electrons. The molecule has 0 fully saturated rings. The van der Waals surface area contributed by atoms with Crippen molar-refractivity contribution in [3.8, 4) is 6.07 Å². The number of halogens is 2. The molecule has 1 rings (SSSR count). The highest BCUT2D eigenvalue weighted by atomic mass is 35.5. The largest absolute Gasteiger partial charge is 0.336 e. The van der Waals surface area contributed by atoms with Crippen LogP contribution in [0.25, 0.3) is 0 Å². The predicted octanol–water partition coefficient (Wildman–Crippen LogP) is 2.12. The van der Waals surface area contributed by atoms with Gasteiger partial charge in [-0.1, -0.05) is 17.7 Å². The average molecular weight is 227 g/mol. The first kappa shape index (κ1) is 11.5. The minimum absolute atomic E-state index is 0.0256. The summed E-state index contributed by atoms with van der Waals surface area (Å²) in [4.78, 5) is 11.5. The third-order valence-electron chi connectivity index (χ3n) is 1.73. The molecule has 0 aliphatic heterocycles. The molecular weight excluding hydrogens is 219 g/mol. The van der Waals surface area contributed by atoms with Crippen molar-refractivity contribution in [3.63, 3.8) is 0 Å². The van der Waals surface area contributed by atoms with Crippen molar-refractivity contribution < 1.29 is 9.18 Å². The molecule has 5 heteroatoms. The topological polar surface area (TPSA) is 52.9 Å². The number of benzene rings is 1. The maximum atomic E-state index is 13.2. The molecule has 0 saturated carbocycles. The average Bonchev–Trinajstić information content (AvgIpc) is 2.17. The lowest BCUT2D eigenvalue weighted by atomic mass is 10.2. The molecule has 0 bridgehead atoms. The van der Waals surface area contributed by atoms with E-state index in [1.165, 1.54) is 19.1 Å². The predicted molar refractivity (Wildman–Crippen MR) is 54.0 cm³/mol. The van der Waals surface area contributed by atoms with Gasteiger partial charge in [-0.3, -0.25) is 4.79 Å². The van der Waals surface area contributed by atoms with Crippen LogP contribution in [0.15, 0.2) is 18.2 Å². The number of nitrogens with one attached hydrogen (secondary N) is 1. The Morgan fingerprint density at radius 3 is 2.87 bits per heavy atom. The van der Waals surface area contributed by atoms with E-state index in [1.54, 1.807) is 0 Å². The Balaban J connectivity index is 2.97. The number of rotatable bonds is 2. The standard InChI is InChI=1S/C10H8ClFN2O/c1-6(5-13)14-10(15)9-7(11)3-2-4-8(9)12/h2-4,6H,1H3,(H,14,15)/t6-/m0/s1. The molecule has 0 aromatic heterocycles. The molecule has 1 atom stereocenters. The number of carbonyl (C=O) groups excluding carboxylic acids is 1. The number of nitrogens with zero attached hydrogens (tertiary/aromatic N) is 1. The molecule has 0 saturated heterocycles. The molecule has 0 spiro atoms. The van der Waals surface area contributed by atoms with Gasteiger partial charge >= 0.3 is 0 Å². The molecule has 1 amide bonds. The molecule has 0 heterocycles. The lowest BCUT2D eigenvalue weighted by Gasteiger charge is -2.08. The van der Waals surface area contributed by atoms with Gasteiger partial charge in [-0.05, 0) is 19.1 Å². The maximum Gasteiger partial charge on any atom is 0.256 e. The zero-order valence-electron chi connectivity index (χ0n) is 7.92. The third-order valence-corrected chi connectivity index (χ3v) is 2.05. The Kier molecular flexibility index (Phi) is 3.64. The van der Waals surface area contributed by atoms with Crippen molar-refractivity contribution in [2.75, 3.05) is 0 Å². The van der Waals surface area contributed by atoms with E-state index in [2.05, 4.69) is 5.32 Å². The quantitative estimate of drug-likeness (QED) is 0.840. The van der Waals surface area contributed by atoms with Crippen molar-refractivity contribution in [2.45, 2.75) is 13.0 Å². The minimum Gasteiger partial charge on any atom is -0.336 e. The normalized spacial score (nSPS) is 11.6. The second kappa shape index (κ2) is 4.76. The van der Waals surface area contributed by atoms with E-state index < -0.39 is 17.8 Å². The summed E-state index contributed by atoms with van der Waals surface area (Å²) < 4.78 is 13.2. The van der Waals surface area contributed by atoms with Crippen molar-refractivity contribution in [1.82, 2.24) is 5.32 Å². The summed E-state index contributed by atoms with van der Waals surface area (Å²) in [5.41, 5.74) is -0.235. The molecule has 0 aliphatic rings. The first-order chi connectivity index (χ1) is 7.06. The zero-order chi connectivity index (χ0) is 11.4. The lowest BCUT2D eigenvalue weighted by Crippen LogP contribution is -2.32. The van der Waals surface area contributed by atoms with Gasteiger partial charge in [-0.25, -0.2) is 4.39 Å². The number of hydrogen-bond acceptors (Lipinski definition) is 2. The van der Waals surface area contributed by atoms with Gasteiger partial charge in [0.25, 0.3) is 5.91 Å². The Morgan fingerprint density at radius 1 is 1.67 bits per heavy atom. The molecule has 0 aliphatic carbocycles. The summed E-state index contributed by atoms with van der Waals surface area (Å²) >= 11 is 5.67. The molecule has 0 radical (unpaired) electrons. The van der Waals surface area contributed by atoms with E-state index >= 15 is 0 Å². The van der Waals surface area contributed by atoms with Gasteiger partial charge in [0.1, 0.15) is 11.9 Å². The fourth-order valence-corrected chi connectivity index (χ4v) is 1.26. The van der Waals surface area contributed by atoms with E-state index in [0.29, 0.717) is 0 Å². The maximum absolute atomic E-state index is 13.2. The van der Waals surface area contributed by atoms with Crippen LogP contribution < -0.4 is 5.32 Å². The fraction of sp³-hybridized carbons (Fsp3) is 0.200. The zero-order valence-corrected chi connectivity index (χ0v) is 8.68. The molecule has 1 aromatic carbocycles.